The van der Waals surface area contributed by atoms with Crippen LogP contribution in [0.2, 0.25) is 0 Å². The van der Waals surface area contributed by atoms with Crippen LogP contribution in [-0.2, 0) is 0 Å². The lowest BCUT2D eigenvalue weighted by Gasteiger charge is -2.29. The average Bonchev–Trinajstić information content (AvgIpc) is 3.10. The van der Waals surface area contributed by atoms with Crippen molar-refractivity contribution in [1.29, 1.82) is 0 Å². The van der Waals surface area contributed by atoms with Crippen molar-refractivity contribution in [2.75, 3.05) is 52.9 Å². The standard InChI is InChI=1S/C44H81N3O3/c1-5-8-11-14-17-20-23-26-29-32-42(48)39-45-35-36-46(4)37-38-47(40-43(49)33-30-27-24-21-18-15-12-9-6-2)41-44(50)34-31-28-25-22-19-16-13-10-7-3/h14-19,23-28,42-45,48-50H,5-13,20-22,29-41H2,1-4H3/b17-14-,18-15-,19-16-,26-23-,27-24-,28-25-. The Morgan fingerprint density at radius 3 is 1.26 bits per heavy atom. The molecule has 0 radical (unpaired) electrons. The van der Waals surface area contributed by atoms with E-state index in [0.29, 0.717) is 19.6 Å². The van der Waals surface area contributed by atoms with Crippen molar-refractivity contribution in [3.63, 3.8) is 0 Å². The molecular weight excluding hydrogens is 619 g/mol. The third kappa shape index (κ3) is 36.0. The quantitative estimate of drug-likeness (QED) is 0.0386. The molecule has 0 aromatic rings. The fourth-order valence-electron chi connectivity index (χ4n) is 5.45. The topological polar surface area (TPSA) is 79.2 Å². The SMILES string of the molecule is CCCC/C=C\C/C=C\CCC(O)CNCCN(C)CCN(CC(O)CC/C=C\C/C=C\CCCC)CC(O)CC/C=C\C/C=C\CCCC. The van der Waals surface area contributed by atoms with Gasteiger partial charge in [0, 0.05) is 45.8 Å². The Kier molecular flexibility index (Phi) is 37.0. The van der Waals surface area contributed by atoms with E-state index in [1.807, 2.05) is 0 Å². The Labute approximate surface area is 310 Å². The molecule has 0 heterocycles. The summed E-state index contributed by atoms with van der Waals surface area (Å²) in [4.78, 5) is 4.52. The smallest absolute Gasteiger partial charge is 0.0670 e. The largest absolute Gasteiger partial charge is 0.392 e. The van der Waals surface area contributed by atoms with Crippen molar-refractivity contribution < 1.29 is 15.3 Å². The van der Waals surface area contributed by atoms with E-state index in [0.717, 1.165) is 96.8 Å². The maximum atomic E-state index is 10.9. The molecule has 0 aliphatic heterocycles. The highest BCUT2D eigenvalue weighted by atomic mass is 16.3. The van der Waals surface area contributed by atoms with Crippen LogP contribution in [0.5, 0.6) is 0 Å². The third-order valence-electron chi connectivity index (χ3n) is 8.78. The van der Waals surface area contributed by atoms with E-state index >= 15 is 0 Å². The summed E-state index contributed by atoms with van der Waals surface area (Å²) in [5.41, 5.74) is 0. The summed E-state index contributed by atoms with van der Waals surface area (Å²) in [7, 11) is 2.12. The Bertz CT molecular complexity index is 840. The van der Waals surface area contributed by atoms with Crippen LogP contribution < -0.4 is 5.32 Å². The van der Waals surface area contributed by atoms with E-state index in [9.17, 15) is 15.3 Å². The zero-order chi connectivity index (χ0) is 36.8. The van der Waals surface area contributed by atoms with Gasteiger partial charge in [0.1, 0.15) is 0 Å². The number of nitrogens with one attached hydrogen (secondary N) is 1. The average molecular weight is 700 g/mol. The van der Waals surface area contributed by atoms with Gasteiger partial charge in [-0.1, -0.05) is 132 Å². The van der Waals surface area contributed by atoms with Crippen molar-refractivity contribution in [2.24, 2.45) is 0 Å². The summed E-state index contributed by atoms with van der Waals surface area (Å²) in [6.07, 6.45) is 44.1. The van der Waals surface area contributed by atoms with E-state index in [-0.39, 0.29) is 6.10 Å². The van der Waals surface area contributed by atoms with E-state index in [1.54, 1.807) is 0 Å². The van der Waals surface area contributed by atoms with Crippen LogP contribution in [0.4, 0.5) is 0 Å². The van der Waals surface area contributed by atoms with Crippen LogP contribution in [0.25, 0.3) is 0 Å². The molecule has 0 aromatic carbocycles. The fraction of sp³-hybridized carbons (Fsp3) is 0.727. The monoisotopic (exact) mass is 700 g/mol. The lowest BCUT2D eigenvalue weighted by molar-refractivity contribution is 0.0590. The first kappa shape index (κ1) is 48.2. The van der Waals surface area contributed by atoms with Gasteiger partial charge in [-0.05, 0) is 84.1 Å². The Morgan fingerprint density at radius 2 is 0.860 bits per heavy atom. The number of hydrogen-bond donors (Lipinski definition) is 4. The van der Waals surface area contributed by atoms with E-state index in [1.165, 1.54) is 44.9 Å². The van der Waals surface area contributed by atoms with Gasteiger partial charge < -0.3 is 25.5 Å². The number of likely N-dealkylation sites (N-methyl/N-ethyl adjacent to an activating group) is 1. The van der Waals surface area contributed by atoms with Crippen LogP contribution in [-0.4, -0.2) is 96.3 Å². The molecule has 4 N–H and O–H groups in total. The van der Waals surface area contributed by atoms with Gasteiger partial charge in [-0.25, -0.2) is 0 Å². The minimum absolute atomic E-state index is 0.335. The zero-order valence-electron chi connectivity index (χ0n) is 33.1. The lowest BCUT2D eigenvalue weighted by atomic mass is 10.1. The first-order valence-electron chi connectivity index (χ1n) is 20.5. The van der Waals surface area contributed by atoms with Gasteiger partial charge in [0.15, 0.2) is 0 Å². The van der Waals surface area contributed by atoms with Crippen molar-refractivity contribution in [1.82, 2.24) is 15.1 Å². The number of nitrogens with zero attached hydrogens (tertiary/aromatic N) is 2. The van der Waals surface area contributed by atoms with Crippen molar-refractivity contribution >= 4 is 0 Å². The minimum Gasteiger partial charge on any atom is -0.392 e. The summed E-state index contributed by atoms with van der Waals surface area (Å²) >= 11 is 0. The molecule has 0 rings (SSSR count). The minimum atomic E-state index is -0.420. The van der Waals surface area contributed by atoms with Crippen LogP contribution in [0, 0.1) is 0 Å². The summed E-state index contributed by atoms with van der Waals surface area (Å²) in [5, 5.41) is 35.5. The van der Waals surface area contributed by atoms with Crippen molar-refractivity contribution in [2.45, 2.75) is 155 Å². The van der Waals surface area contributed by atoms with Gasteiger partial charge in [-0.3, -0.25) is 4.90 Å². The molecule has 0 aliphatic carbocycles. The van der Waals surface area contributed by atoms with Gasteiger partial charge in [0.05, 0.1) is 18.3 Å². The molecule has 3 unspecified atom stereocenters. The van der Waals surface area contributed by atoms with Crippen LogP contribution >= 0.6 is 0 Å². The number of aliphatic hydroxyl groups is 3. The fourth-order valence-corrected chi connectivity index (χ4v) is 5.45. The second kappa shape index (κ2) is 38.4. The first-order chi connectivity index (χ1) is 24.4. The summed E-state index contributed by atoms with van der Waals surface area (Å²) in [5.74, 6) is 0. The van der Waals surface area contributed by atoms with E-state index in [4.69, 9.17) is 0 Å². The molecule has 50 heavy (non-hydrogen) atoms. The van der Waals surface area contributed by atoms with E-state index in [2.05, 4.69) is 116 Å². The van der Waals surface area contributed by atoms with Gasteiger partial charge in [-0.15, -0.1) is 0 Å². The summed E-state index contributed by atoms with van der Waals surface area (Å²) < 4.78 is 0. The molecule has 0 amide bonds. The Hall–Kier alpha value is -1.80. The van der Waals surface area contributed by atoms with Gasteiger partial charge in [0.25, 0.3) is 0 Å². The molecule has 0 aromatic heterocycles. The molecule has 0 saturated carbocycles. The lowest BCUT2D eigenvalue weighted by Crippen LogP contribution is -2.43. The van der Waals surface area contributed by atoms with Crippen molar-refractivity contribution in [3.8, 4) is 0 Å². The summed E-state index contributed by atoms with van der Waals surface area (Å²) in [6, 6.07) is 0. The second-order valence-corrected chi connectivity index (χ2v) is 13.9. The molecule has 6 heteroatoms. The molecular formula is C44H81N3O3. The molecule has 0 spiro atoms. The Morgan fingerprint density at radius 1 is 0.480 bits per heavy atom. The third-order valence-corrected chi connectivity index (χ3v) is 8.78. The van der Waals surface area contributed by atoms with Crippen molar-refractivity contribution in [3.05, 3.63) is 72.9 Å². The maximum absolute atomic E-state index is 10.9. The van der Waals surface area contributed by atoms with Crippen LogP contribution in [0.15, 0.2) is 72.9 Å². The highest BCUT2D eigenvalue weighted by Crippen LogP contribution is 2.08. The van der Waals surface area contributed by atoms with E-state index < -0.39 is 12.2 Å². The number of rotatable bonds is 36. The molecule has 6 nitrogen and oxygen atoms in total. The number of aliphatic hydroxyl groups excluding tert-OH is 3. The normalized spacial score (nSPS) is 14.8. The molecule has 0 fully saturated rings. The van der Waals surface area contributed by atoms with Gasteiger partial charge in [-0.2, -0.15) is 0 Å². The number of unbranched alkanes of at least 4 members (excludes halogenated alkanes) is 6. The first-order valence-corrected chi connectivity index (χ1v) is 20.5. The number of allylic oxidation sites excluding steroid dienone is 12. The zero-order valence-corrected chi connectivity index (χ0v) is 33.1. The summed E-state index contributed by atoms with van der Waals surface area (Å²) in [6.45, 7) is 11.8. The molecule has 290 valence electrons. The molecule has 0 bridgehead atoms. The predicted octanol–water partition coefficient (Wildman–Crippen LogP) is 9.31. The van der Waals surface area contributed by atoms with Gasteiger partial charge >= 0.3 is 0 Å². The Balaban J connectivity index is 4.58. The van der Waals surface area contributed by atoms with Crippen LogP contribution in [0.1, 0.15) is 136 Å². The van der Waals surface area contributed by atoms with Gasteiger partial charge in [0.2, 0.25) is 0 Å². The number of hydrogen-bond acceptors (Lipinski definition) is 6. The molecule has 0 aliphatic rings. The highest BCUT2D eigenvalue weighted by Gasteiger charge is 2.16. The van der Waals surface area contributed by atoms with Crippen LogP contribution in [0.3, 0.4) is 0 Å². The predicted molar refractivity (Wildman–Crippen MR) is 220 cm³/mol. The molecule has 3 atom stereocenters. The molecule has 0 saturated heterocycles. The maximum Gasteiger partial charge on any atom is 0.0670 e. The second-order valence-electron chi connectivity index (χ2n) is 13.9. The highest BCUT2D eigenvalue weighted by molar-refractivity contribution is 4.95.